The number of halogens is 2. The molecule has 2 heterocycles. The molecule has 0 unspecified atom stereocenters. The quantitative estimate of drug-likeness (QED) is 0.498. The monoisotopic (exact) mass is 488 g/mol. The molecule has 1 aliphatic rings. The molecule has 0 N–H and O–H groups in total. The highest BCUT2D eigenvalue weighted by atomic mass is 79.9. The maximum absolute atomic E-state index is 13.1. The third-order valence-electron chi connectivity index (χ3n) is 5.45. The molecule has 0 bridgehead atoms. The molecule has 1 aliphatic heterocycles. The summed E-state index contributed by atoms with van der Waals surface area (Å²) in [5, 5.41) is 0. The van der Waals surface area contributed by atoms with Gasteiger partial charge in [0, 0.05) is 42.3 Å². The maximum atomic E-state index is 13.1. The summed E-state index contributed by atoms with van der Waals surface area (Å²) in [4.78, 5) is 17.1. The fourth-order valence-electron chi connectivity index (χ4n) is 3.78. The molecule has 0 aliphatic carbocycles. The van der Waals surface area contributed by atoms with Gasteiger partial charge in [-0.1, -0.05) is 12.1 Å². The lowest BCUT2D eigenvalue weighted by Gasteiger charge is -2.44. The number of fused-ring (bicyclic) bond motifs is 1. The lowest BCUT2D eigenvalue weighted by Crippen LogP contribution is -2.57. The number of nitrogens with zero attached hydrogens (tertiary/aromatic N) is 4. The van der Waals surface area contributed by atoms with E-state index in [0.29, 0.717) is 6.54 Å². The Labute approximate surface area is 187 Å². The van der Waals surface area contributed by atoms with Gasteiger partial charge in [-0.25, -0.2) is 4.39 Å². The van der Waals surface area contributed by atoms with Gasteiger partial charge in [0.25, 0.3) is 0 Å². The van der Waals surface area contributed by atoms with Gasteiger partial charge in [-0.15, -0.1) is 0 Å². The lowest BCUT2D eigenvalue weighted by molar-refractivity contribution is -0.131. The Morgan fingerprint density at radius 2 is 1.97 bits per heavy atom. The minimum absolute atomic E-state index is 0.00315. The minimum Gasteiger partial charge on any atom is -0.334 e. The first-order chi connectivity index (χ1) is 14.4. The largest absolute Gasteiger partial charge is 0.334 e. The van der Waals surface area contributed by atoms with Gasteiger partial charge in [0.1, 0.15) is 16.9 Å². The Morgan fingerprint density at radius 1 is 1.20 bits per heavy atom. The number of piperazine rings is 1. The fourth-order valence-corrected chi connectivity index (χ4v) is 4.99. The highest BCUT2D eigenvalue weighted by Gasteiger charge is 2.31. The average molecular weight is 489 g/mol. The molecule has 1 amide bonds. The van der Waals surface area contributed by atoms with E-state index in [0.717, 1.165) is 39.7 Å². The molecule has 156 valence electrons. The van der Waals surface area contributed by atoms with Crippen LogP contribution in [0.1, 0.15) is 25.0 Å². The summed E-state index contributed by atoms with van der Waals surface area (Å²) >= 11 is 4.69. The van der Waals surface area contributed by atoms with Crippen molar-refractivity contribution in [2.45, 2.75) is 32.5 Å². The number of carbonyl (C=O) groups excluding carboxylic acids is 1. The normalized spacial score (nSPS) is 20.3. The highest BCUT2D eigenvalue weighted by Crippen LogP contribution is 2.25. The van der Waals surface area contributed by atoms with Crippen LogP contribution in [0.25, 0.3) is 17.1 Å². The zero-order chi connectivity index (χ0) is 21.3. The second-order valence-electron chi connectivity index (χ2n) is 7.71. The molecular formula is C22H22BrFN4OS. The Balaban J connectivity index is 1.42. The molecule has 1 aromatic heterocycles. The van der Waals surface area contributed by atoms with Gasteiger partial charge in [0.15, 0.2) is 0 Å². The van der Waals surface area contributed by atoms with E-state index in [1.165, 1.54) is 23.9 Å². The van der Waals surface area contributed by atoms with Crippen LogP contribution < -0.4 is 0 Å². The smallest absolute Gasteiger partial charge is 0.246 e. The Morgan fingerprint density at radius 3 is 2.73 bits per heavy atom. The summed E-state index contributed by atoms with van der Waals surface area (Å²) in [5.74, 6) is -0.219. The van der Waals surface area contributed by atoms with Gasteiger partial charge >= 0.3 is 0 Å². The van der Waals surface area contributed by atoms with Crippen LogP contribution >= 0.6 is 27.7 Å². The van der Waals surface area contributed by atoms with E-state index in [-0.39, 0.29) is 23.8 Å². The van der Waals surface area contributed by atoms with Crippen LogP contribution in [0.4, 0.5) is 4.39 Å². The minimum atomic E-state index is -0.223. The highest BCUT2D eigenvalue weighted by molar-refractivity contribution is 9.10. The van der Waals surface area contributed by atoms with Crippen LogP contribution in [0.3, 0.4) is 0 Å². The summed E-state index contributed by atoms with van der Waals surface area (Å²) in [5.41, 5.74) is 3.64. The first-order valence-corrected chi connectivity index (χ1v) is 11.3. The molecule has 0 spiro atoms. The van der Waals surface area contributed by atoms with Crippen LogP contribution in [0.5, 0.6) is 0 Å². The number of benzene rings is 2. The molecular weight excluding hydrogens is 467 g/mol. The van der Waals surface area contributed by atoms with Crippen molar-refractivity contribution >= 4 is 50.7 Å². The number of hydrogen-bond donors (Lipinski definition) is 0. The average Bonchev–Trinajstić information content (AvgIpc) is 3.19. The van der Waals surface area contributed by atoms with Crippen LogP contribution in [0.15, 0.2) is 46.9 Å². The van der Waals surface area contributed by atoms with Crippen molar-refractivity contribution in [2.24, 2.45) is 0 Å². The zero-order valence-electron chi connectivity index (χ0n) is 16.8. The van der Waals surface area contributed by atoms with E-state index in [1.54, 1.807) is 6.08 Å². The van der Waals surface area contributed by atoms with E-state index in [1.807, 2.05) is 35.2 Å². The second kappa shape index (κ2) is 8.91. The molecule has 1 saturated heterocycles. The van der Waals surface area contributed by atoms with Gasteiger partial charge in [-0.2, -0.15) is 8.75 Å². The molecule has 0 radical (unpaired) electrons. The molecule has 4 rings (SSSR count). The summed E-state index contributed by atoms with van der Waals surface area (Å²) in [6.07, 6.45) is 3.46. The SMILES string of the molecule is C[C@@H]1CN(Cc2ccc(F)cc2)[C@@H](C)CN1C(=O)/C=C/c1cc(Br)c2nsnc2c1. The van der Waals surface area contributed by atoms with Crippen molar-refractivity contribution in [1.29, 1.82) is 0 Å². The molecule has 2 aromatic carbocycles. The first kappa shape index (κ1) is 21.1. The first-order valence-electron chi connectivity index (χ1n) is 9.79. The van der Waals surface area contributed by atoms with Crippen molar-refractivity contribution < 1.29 is 9.18 Å². The van der Waals surface area contributed by atoms with Gasteiger partial charge in [-0.05, 0) is 71.2 Å². The van der Waals surface area contributed by atoms with Crippen LogP contribution in [-0.4, -0.2) is 49.6 Å². The second-order valence-corrected chi connectivity index (χ2v) is 9.10. The Bertz CT molecular complexity index is 1080. The predicted molar refractivity (Wildman–Crippen MR) is 122 cm³/mol. The molecule has 1 fully saturated rings. The van der Waals surface area contributed by atoms with Gasteiger partial charge < -0.3 is 4.90 Å². The lowest BCUT2D eigenvalue weighted by atomic mass is 10.1. The van der Waals surface area contributed by atoms with Gasteiger partial charge in [0.05, 0.1) is 11.7 Å². The summed E-state index contributed by atoms with van der Waals surface area (Å²) in [7, 11) is 0. The van der Waals surface area contributed by atoms with E-state index >= 15 is 0 Å². The van der Waals surface area contributed by atoms with Crippen molar-refractivity contribution in [3.05, 3.63) is 63.9 Å². The van der Waals surface area contributed by atoms with Crippen molar-refractivity contribution in [1.82, 2.24) is 18.5 Å². The van der Waals surface area contributed by atoms with Gasteiger partial charge in [-0.3, -0.25) is 9.69 Å². The van der Waals surface area contributed by atoms with E-state index in [2.05, 4.69) is 43.4 Å². The van der Waals surface area contributed by atoms with Crippen LogP contribution in [0.2, 0.25) is 0 Å². The van der Waals surface area contributed by atoms with E-state index < -0.39 is 0 Å². The third-order valence-corrected chi connectivity index (χ3v) is 6.60. The summed E-state index contributed by atoms with van der Waals surface area (Å²) < 4.78 is 22.5. The summed E-state index contributed by atoms with van der Waals surface area (Å²) in [6.45, 7) is 6.38. The number of carbonyl (C=O) groups is 1. The van der Waals surface area contributed by atoms with Crippen molar-refractivity contribution in [2.75, 3.05) is 13.1 Å². The van der Waals surface area contributed by atoms with Crippen molar-refractivity contribution in [3.8, 4) is 0 Å². The van der Waals surface area contributed by atoms with E-state index in [4.69, 9.17) is 0 Å². The summed E-state index contributed by atoms with van der Waals surface area (Å²) in [6, 6.07) is 10.8. The Hall–Kier alpha value is -2.16. The van der Waals surface area contributed by atoms with Crippen molar-refractivity contribution in [3.63, 3.8) is 0 Å². The third kappa shape index (κ3) is 4.61. The van der Waals surface area contributed by atoms with Crippen LogP contribution in [-0.2, 0) is 11.3 Å². The maximum Gasteiger partial charge on any atom is 0.246 e. The molecule has 30 heavy (non-hydrogen) atoms. The molecule has 2 atom stereocenters. The molecule has 5 nitrogen and oxygen atoms in total. The molecule has 3 aromatic rings. The molecule has 8 heteroatoms. The van der Waals surface area contributed by atoms with Crippen LogP contribution in [0, 0.1) is 5.82 Å². The number of aromatic nitrogens is 2. The fraction of sp³-hybridized carbons (Fsp3) is 0.318. The topological polar surface area (TPSA) is 49.3 Å². The Kier molecular flexibility index (Phi) is 6.26. The standard InChI is InChI=1S/C22H22BrFN4OS/c1-14-12-28(15(2)11-27(14)13-16-3-6-18(24)7-4-16)21(29)8-5-17-9-19(23)22-20(10-17)25-30-26-22/h3-10,14-15H,11-13H2,1-2H3/b8-5+/t14-,15+/m0/s1. The number of rotatable bonds is 4. The predicted octanol–water partition coefficient (Wildman–Crippen LogP) is 4.73. The number of amides is 1. The number of hydrogen-bond acceptors (Lipinski definition) is 5. The molecule has 0 saturated carbocycles. The van der Waals surface area contributed by atoms with E-state index in [9.17, 15) is 9.18 Å². The zero-order valence-corrected chi connectivity index (χ0v) is 19.2. The van der Waals surface area contributed by atoms with Gasteiger partial charge in [0.2, 0.25) is 5.91 Å².